The fourth-order valence-electron chi connectivity index (χ4n) is 3.81. The first-order valence-corrected chi connectivity index (χ1v) is 10.1. The Morgan fingerprint density at radius 2 is 1.89 bits per heavy atom. The van der Waals surface area contributed by atoms with E-state index in [1.165, 1.54) is 5.56 Å². The number of nitrogens with one attached hydrogen (secondary N) is 1. The molecule has 2 rings (SSSR count). The maximum atomic E-state index is 11.5. The van der Waals surface area contributed by atoms with E-state index in [9.17, 15) is 4.79 Å². The average Bonchev–Trinajstić information content (AvgIpc) is 3.18. The zero-order chi connectivity index (χ0) is 19.7. The van der Waals surface area contributed by atoms with Gasteiger partial charge >= 0.3 is 0 Å². The van der Waals surface area contributed by atoms with E-state index in [2.05, 4.69) is 53.0 Å². The molecule has 1 unspecified atom stereocenters. The monoisotopic (exact) mass is 370 g/mol. The fraction of sp³-hybridized carbons (Fsp3) is 0.545. The smallest absolute Gasteiger partial charge is 0.224 e. The molecule has 27 heavy (non-hydrogen) atoms. The molecule has 0 aliphatic carbocycles. The van der Waals surface area contributed by atoms with Gasteiger partial charge in [-0.1, -0.05) is 51.0 Å². The molecular formula is C22H34N4O. The van der Waals surface area contributed by atoms with E-state index in [0.717, 1.165) is 50.8 Å². The summed E-state index contributed by atoms with van der Waals surface area (Å²) in [7, 11) is 0. The largest absolute Gasteiger partial charge is 0.369 e. The highest BCUT2D eigenvalue weighted by Crippen LogP contribution is 2.32. The molecule has 3 N–H and O–H groups in total. The summed E-state index contributed by atoms with van der Waals surface area (Å²) in [5.41, 5.74) is 7.71. The third-order valence-electron chi connectivity index (χ3n) is 5.36. The normalized spacial score (nSPS) is 12.9. The van der Waals surface area contributed by atoms with Crippen molar-refractivity contribution in [3.8, 4) is 0 Å². The van der Waals surface area contributed by atoms with Gasteiger partial charge < -0.3 is 15.6 Å². The van der Waals surface area contributed by atoms with Crippen LogP contribution in [0.25, 0.3) is 0 Å². The van der Waals surface area contributed by atoms with Crippen LogP contribution in [0, 0.1) is 0 Å². The third-order valence-corrected chi connectivity index (χ3v) is 5.36. The molecule has 1 aromatic carbocycles. The van der Waals surface area contributed by atoms with Crippen LogP contribution in [0.15, 0.2) is 43.0 Å². The van der Waals surface area contributed by atoms with E-state index in [1.54, 1.807) is 0 Å². The van der Waals surface area contributed by atoms with Gasteiger partial charge in [0.2, 0.25) is 5.91 Å². The van der Waals surface area contributed by atoms with Crippen molar-refractivity contribution in [3.63, 3.8) is 0 Å². The van der Waals surface area contributed by atoms with E-state index in [4.69, 9.17) is 5.73 Å². The Hall–Kier alpha value is -2.14. The minimum absolute atomic E-state index is 0.0209. The molecule has 0 saturated heterocycles. The van der Waals surface area contributed by atoms with Crippen LogP contribution in [0.1, 0.15) is 69.9 Å². The van der Waals surface area contributed by atoms with Gasteiger partial charge in [-0.2, -0.15) is 0 Å². The second kappa shape index (κ2) is 10.3. The number of nitrogens with zero attached hydrogens (tertiary/aromatic N) is 2. The van der Waals surface area contributed by atoms with Gasteiger partial charge in [0.25, 0.3) is 0 Å². The van der Waals surface area contributed by atoms with Crippen molar-refractivity contribution < 1.29 is 4.79 Å². The Kier molecular flexibility index (Phi) is 8.04. The SMILES string of the molecule is CCCC(CCC)(NCCCn1ccnc1)c1ccc(C(C)C(N)=O)cc1. The van der Waals surface area contributed by atoms with Crippen LogP contribution >= 0.6 is 0 Å². The number of carbonyl (C=O) groups is 1. The van der Waals surface area contributed by atoms with E-state index >= 15 is 0 Å². The number of aromatic nitrogens is 2. The van der Waals surface area contributed by atoms with Crippen molar-refractivity contribution >= 4 is 5.91 Å². The lowest BCUT2D eigenvalue weighted by Crippen LogP contribution is -2.43. The Morgan fingerprint density at radius 1 is 1.22 bits per heavy atom. The Morgan fingerprint density at radius 3 is 2.41 bits per heavy atom. The fourth-order valence-corrected chi connectivity index (χ4v) is 3.81. The molecule has 0 radical (unpaired) electrons. The molecule has 1 atom stereocenters. The Bertz CT molecular complexity index is 673. The topological polar surface area (TPSA) is 72.9 Å². The third kappa shape index (κ3) is 5.67. The lowest BCUT2D eigenvalue weighted by atomic mass is 9.80. The quantitative estimate of drug-likeness (QED) is 0.556. The van der Waals surface area contributed by atoms with Gasteiger partial charge in [0.05, 0.1) is 12.2 Å². The van der Waals surface area contributed by atoms with Crippen molar-refractivity contribution in [2.75, 3.05) is 6.54 Å². The molecule has 0 spiro atoms. The maximum absolute atomic E-state index is 11.5. The van der Waals surface area contributed by atoms with Crippen LogP contribution in [0.5, 0.6) is 0 Å². The van der Waals surface area contributed by atoms with Crippen LogP contribution in [-0.4, -0.2) is 22.0 Å². The van der Waals surface area contributed by atoms with E-state index in [1.807, 2.05) is 25.6 Å². The molecule has 0 bridgehead atoms. The van der Waals surface area contributed by atoms with E-state index < -0.39 is 0 Å². The number of rotatable bonds is 12. The standard InChI is InChI=1S/C22H34N4O/c1-4-11-22(12-5-2,25-13-6-15-26-16-14-24-17-26)20-9-7-19(8-10-20)18(3)21(23)27/h7-10,14,16-18,25H,4-6,11-13,15H2,1-3H3,(H2,23,27). The summed E-state index contributed by atoms with van der Waals surface area (Å²) < 4.78 is 2.11. The lowest BCUT2D eigenvalue weighted by Gasteiger charge is -2.36. The summed E-state index contributed by atoms with van der Waals surface area (Å²) in [5.74, 6) is -0.539. The van der Waals surface area contributed by atoms with Gasteiger partial charge in [0, 0.05) is 24.5 Å². The van der Waals surface area contributed by atoms with E-state index in [-0.39, 0.29) is 17.4 Å². The van der Waals surface area contributed by atoms with E-state index in [0.29, 0.717) is 0 Å². The van der Waals surface area contributed by atoms with Crippen molar-refractivity contribution in [2.24, 2.45) is 5.73 Å². The summed E-state index contributed by atoms with van der Waals surface area (Å²) in [5, 5.41) is 3.86. The highest BCUT2D eigenvalue weighted by atomic mass is 16.1. The van der Waals surface area contributed by atoms with Crippen LogP contribution < -0.4 is 11.1 Å². The molecule has 148 valence electrons. The van der Waals surface area contributed by atoms with Crippen molar-refractivity contribution in [1.29, 1.82) is 0 Å². The highest BCUT2D eigenvalue weighted by molar-refractivity contribution is 5.81. The van der Waals surface area contributed by atoms with Gasteiger partial charge in [-0.25, -0.2) is 4.98 Å². The number of imidazole rings is 1. The molecule has 2 aromatic rings. The molecule has 0 fully saturated rings. The second-order valence-corrected chi connectivity index (χ2v) is 7.41. The number of hydrogen-bond donors (Lipinski definition) is 2. The van der Waals surface area contributed by atoms with Crippen molar-refractivity contribution in [3.05, 3.63) is 54.1 Å². The van der Waals surface area contributed by atoms with Crippen LogP contribution in [-0.2, 0) is 16.9 Å². The van der Waals surface area contributed by atoms with Crippen LogP contribution in [0.3, 0.4) is 0 Å². The zero-order valence-electron chi connectivity index (χ0n) is 16.9. The first kappa shape index (κ1) is 21.2. The predicted molar refractivity (Wildman–Crippen MR) is 110 cm³/mol. The Labute approximate surface area is 163 Å². The summed E-state index contributed by atoms with van der Waals surface area (Å²) in [6.07, 6.45) is 11.2. The lowest BCUT2D eigenvalue weighted by molar-refractivity contribution is -0.119. The van der Waals surface area contributed by atoms with Crippen molar-refractivity contribution in [2.45, 2.75) is 70.9 Å². The van der Waals surface area contributed by atoms with Crippen molar-refractivity contribution in [1.82, 2.24) is 14.9 Å². The number of aryl methyl sites for hydroxylation is 1. The molecule has 5 heteroatoms. The zero-order valence-corrected chi connectivity index (χ0v) is 16.9. The predicted octanol–water partition coefficient (Wildman–Crippen LogP) is 3.95. The molecule has 0 saturated carbocycles. The van der Waals surface area contributed by atoms with Gasteiger partial charge in [0.15, 0.2) is 0 Å². The van der Waals surface area contributed by atoms with Gasteiger partial charge in [0.1, 0.15) is 0 Å². The summed E-state index contributed by atoms with van der Waals surface area (Å²) in [6, 6.07) is 8.45. The number of hydrogen-bond acceptors (Lipinski definition) is 3. The summed E-state index contributed by atoms with van der Waals surface area (Å²) >= 11 is 0. The first-order valence-electron chi connectivity index (χ1n) is 10.1. The molecule has 1 heterocycles. The minimum Gasteiger partial charge on any atom is -0.369 e. The molecule has 0 aliphatic heterocycles. The molecule has 1 amide bonds. The maximum Gasteiger partial charge on any atom is 0.224 e. The number of amides is 1. The molecular weight excluding hydrogens is 336 g/mol. The molecule has 5 nitrogen and oxygen atoms in total. The number of carbonyl (C=O) groups excluding carboxylic acids is 1. The van der Waals surface area contributed by atoms with Crippen LogP contribution in [0.2, 0.25) is 0 Å². The first-order chi connectivity index (χ1) is 13.0. The second-order valence-electron chi connectivity index (χ2n) is 7.41. The number of benzene rings is 1. The van der Waals surface area contributed by atoms with Gasteiger partial charge in [-0.15, -0.1) is 0 Å². The molecule has 0 aliphatic rings. The Balaban J connectivity index is 2.12. The van der Waals surface area contributed by atoms with Gasteiger partial charge in [-0.05, 0) is 43.9 Å². The minimum atomic E-state index is -0.284. The average molecular weight is 371 g/mol. The highest BCUT2D eigenvalue weighted by Gasteiger charge is 2.29. The molecule has 1 aromatic heterocycles. The number of primary amides is 1. The van der Waals surface area contributed by atoms with Crippen LogP contribution in [0.4, 0.5) is 0 Å². The summed E-state index contributed by atoms with van der Waals surface area (Å²) in [4.78, 5) is 15.6. The van der Waals surface area contributed by atoms with Gasteiger partial charge in [-0.3, -0.25) is 4.79 Å². The number of nitrogens with two attached hydrogens (primary N) is 1. The summed E-state index contributed by atoms with van der Waals surface area (Å²) in [6.45, 7) is 8.26.